The Labute approximate surface area is 118 Å². The molecular weight excluding hydrogens is 282 g/mol. The van der Waals surface area contributed by atoms with Crippen LogP contribution in [0.4, 0.5) is 5.95 Å². The van der Waals surface area contributed by atoms with Crippen LogP contribution in [0.25, 0.3) is 11.2 Å². The summed E-state index contributed by atoms with van der Waals surface area (Å²) in [6, 6.07) is 0. The minimum absolute atomic E-state index is 0.0734. The average molecular weight is 297 g/mol. The summed E-state index contributed by atoms with van der Waals surface area (Å²) in [6.45, 7) is 0.123. The van der Waals surface area contributed by atoms with Crippen LogP contribution in [0.15, 0.2) is 11.1 Å². The molecule has 3 rings (SSSR count). The van der Waals surface area contributed by atoms with E-state index in [9.17, 15) is 15.0 Å². The van der Waals surface area contributed by atoms with E-state index in [0.717, 1.165) is 0 Å². The van der Waals surface area contributed by atoms with Gasteiger partial charge >= 0.3 is 0 Å². The maximum absolute atomic E-state index is 11.7. The maximum Gasteiger partial charge on any atom is 0.280 e. The standard InChI is InChI=1S/C11H15N5O5/c1-20-2-4-6(17)7(18)10(21-4)16-3-13-5-8(16)14-11(12)15-9(5)19/h3-4,6-7,10,17-18H,2H2,1H3,(H3,12,14,15,19)/t4-,6-,7-,10+/m1/s1. The van der Waals surface area contributed by atoms with Gasteiger partial charge in [-0.05, 0) is 0 Å². The van der Waals surface area contributed by atoms with Gasteiger partial charge in [0.2, 0.25) is 5.95 Å². The van der Waals surface area contributed by atoms with Gasteiger partial charge in [-0.3, -0.25) is 14.3 Å². The van der Waals surface area contributed by atoms with E-state index >= 15 is 0 Å². The Bertz CT molecular complexity index is 713. The van der Waals surface area contributed by atoms with E-state index in [0.29, 0.717) is 0 Å². The van der Waals surface area contributed by atoms with Gasteiger partial charge in [0.25, 0.3) is 5.56 Å². The summed E-state index contributed by atoms with van der Waals surface area (Å²) in [5.74, 6) is -0.0734. The first-order valence-corrected chi connectivity index (χ1v) is 6.25. The van der Waals surface area contributed by atoms with Gasteiger partial charge in [-0.25, -0.2) is 4.98 Å². The Balaban J connectivity index is 2.03. The molecule has 0 amide bonds. The molecular formula is C11H15N5O5. The van der Waals surface area contributed by atoms with Crippen molar-refractivity contribution in [2.45, 2.75) is 24.5 Å². The predicted molar refractivity (Wildman–Crippen MR) is 70.4 cm³/mol. The number of rotatable bonds is 3. The maximum atomic E-state index is 11.7. The van der Waals surface area contributed by atoms with Crippen molar-refractivity contribution in [3.8, 4) is 0 Å². The minimum atomic E-state index is -1.20. The molecule has 0 unspecified atom stereocenters. The minimum Gasteiger partial charge on any atom is -0.387 e. The monoisotopic (exact) mass is 297 g/mol. The highest BCUT2D eigenvalue weighted by Crippen LogP contribution is 2.31. The number of imidazole rings is 1. The predicted octanol–water partition coefficient (Wildman–Crippen LogP) is -2.03. The van der Waals surface area contributed by atoms with Crippen molar-refractivity contribution in [3.63, 3.8) is 0 Å². The average Bonchev–Trinajstić information content (AvgIpc) is 2.96. The highest BCUT2D eigenvalue weighted by atomic mass is 16.6. The van der Waals surface area contributed by atoms with Crippen molar-refractivity contribution in [3.05, 3.63) is 16.7 Å². The van der Waals surface area contributed by atoms with Crippen molar-refractivity contribution in [1.82, 2.24) is 19.5 Å². The SMILES string of the molecule is COC[C@H]1O[C@H](n2cnc3c(=O)[nH]c(N)nc32)[C@H](O)[C@@H]1O. The molecule has 4 atom stereocenters. The topological polar surface area (TPSA) is 149 Å². The molecule has 0 saturated carbocycles. The molecule has 10 heteroatoms. The lowest BCUT2D eigenvalue weighted by Crippen LogP contribution is -2.33. The van der Waals surface area contributed by atoms with Crippen LogP contribution in [-0.2, 0) is 9.47 Å². The first kappa shape index (κ1) is 13.9. The summed E-state index contributed by atoms with van der Waals surface area (Å²) in [7, 11) is 1.46. The van der Waals surface area contributed by atoms with E-state index in [1.165, 1.54) is 18.0 Å². The first-order chi connectivity index (χ1) is 10.0. The van der Waals surface area contributed by atoms with Gasteiger partial charge in [-0.2, -0.15) is 4.98 Å². The zero-order valence-electron chi connectivity index (χ0n) is 11.1. The third kappa shape index (κ3) is 2.17. The van der Waals surface area contributed by atoms with E-state index in [-0.39, 0.29) is 23.7 Å². The van der Waals surface area contributed by atoms with Gasteiger partial charge in [-0.1, -0.05) is 0 Å². The Morgan fingerprint density at radius 2 is 2.29 bits per heavy atom. The number of aromatic nitrogens is 4. The number of hydrogen-bond acceptors (Lipinski definition) is 8. The smallest absolute Gasteiger partial charge is 0.280 e. The van der Waals surface area contributed by atoms with Crippen LogP contribution in [0.1, 0.15) is 6.23 Å². The van der Waals surface area contributed by atoms with E-state index in [4.69, 9.17) is 15.2 Å². The number of H-pyrrole nitrogens is 1. The van der Waals surface area contributed by atoms with Gasteiger partial charge in [-0.15, -0.1) is 0 Å². The fourth-order valence-corrected chi connectivity index (χ4v) is 2.39. The molecule has 21 heavy (non-hydrogen) atoms. The Kier molecular flexibility index (Phi) is 3.37. The van der Waals surface area contributed by atoms with Gasteiger partial charge in [0, 0.05) is 7.11 Å². The highest BCUT2D eigenvalue weighted by Gasteiger charge is 2.44. The first-order valence-electron chi connectivity index (χ1n) is 6.25. The number of aromatic amines is 1. The molecule has 0 radical (unpaired) electrons. The lowest BCUT2D eigenvalue weighted by Gasteiger charge is -2.16. The number of fused-ring (bicyclic) bond motifs is 1. The van der Waals surface area contributed by atoms with E-state index in [1.54, 1.807) is 0 Å². The normalized spacial score (nSPS) is 29.3. The molecule has 1 saturated heterocycles. The molecule has 1 fully saturated rings. The number of ether oxygens (including phenoxy) is 2. The molecule has 5 N–H and O–H groups in total. The zero-order chi connectivity index (χ0) is 15.1. The molecule has 1 aliphatic rings. The highest BCUT2D eigenvalue weighted by molar-refractivity contribution is 5.70. The molecule has 2 aromatic rings. The van der Waals surface area contributed by atoms with Crippen molar-refractivity contribution in [2.24, 2.45) is 0 Å². The number of nitrogens with one attached hydrogen (secondary N) is 1. The molecule has 0 spiro atoms. The molecule has 0 aromatic carbocycles. The van der Waals surface area contributed by atoms with Crippen LogP contribution in [0.3, 0.4) is 0 Å². The van der Waals surface area contributed by atoms with Gasteiger partial charge < -0.3 is 25.4 Å². The number of aliphatic hydroxyl groups is 2. The number of aliphatic hydroxyl groups excluding tert-OH is 2. The lowest BCUT2D eigenvalue weighted by molar-refractivity contribution is -0.0580. The molecule has 114 valence electrons. The van der Waals surface area contributed by atoms with Crippen LogP contribution in [0, 0.1) is 0 Å². The van der Waals surface area contributed by atoms with Crippen molar-refractivity contribution in [2.75, 3.05) is 19.5 Å². The fourth-order valence-electron chi connectivity index (χ4n) is 2.39. The van der Waals surface area contributed by atoms with Gasteiger partial charge in [0.15, 0.2) is 17.4 Å². The van der Waals surface area contributed by atoms with Crippen LogP contribution in [0.2, 0.25) is 0 Å². The third-order valence-corrected chi connectivity index (χ3v) is 3.39. The van der Waals surface area contributed by atoms with Crippen molar-refractivity contribution in [1.29, 1.82) is 0 Å². The van der Waals surface area contributed by atoms with Crippen molar-refractivity contribution < 1.29 is 19.7 Å². The number of nitrogens with zero attached hydrogens (tertiary/aromatic N) is 3. The van der Waals surface area contributed by atoms with Crippen LogP contribution in [0.5, 0.6) is 0 Å². The van der Waals surface area contributed by atoms with Gasteiger partial charge in [0.1, 0.15) is 18.3 Å². The van der Waals surface area contributed by atoms with Crippen LogP contribution in [-0.4, -0.2) is 61.8 Å². The van der Waals surface area contributed by atoms with E-state index < -0.39 is 30.1 Å². The Morgan fingerprint density at radius 3 is 3.00 bits per heavy atom. The Morgan fingerprint density at radius 1 is 1.52 bits per heavy atom. The molecule has 2 aromatic heterocycles. The Hall–Kier alpha value is -2.01. The summed E-state index contributed by atoms with van der Waals surface area (Å²) in [4.78, 5) is 22.0. The second-order valence-corrected chi connectivity index (χ2v) is 4.78. The summed E-state index contributed by atoms with van der Waals surface area (Å²) >= 11 is 0. The van der Waals surface area contributed by atoms with Gasteiger partial charge in [0.05, 0.1) is 12.9 Å². The van der Waals surface area contributed by atoms with Crippen molar-refractivity contribution >= 4 is 17.1 Å². The number of nitrogen functional groups attached to an aromatic ring is 1. The number of methoxy groups -OCH3 is 1. The summed E-state index contributed by atoms with van der Waals surface area (Å²) in [5, 5.41) is 20.0. The van der Waals surface area contributed by atoms with E-state index in [1.807, 2.05) is 0 Å². The largest absolute Gasteiger partial charge is 0.387 e. The number of hydrogen-bond donors (Lipinski definition) is 4. The molecule has 1 aliphatic heterocycles. The molecule has 10 nitrogen and oxygen atoms in total. The quantitative estimate of drug-likeness (QED) is 0.506. The number of nitrogens with two attached hydrogens (primary N) is 1. The summed E-state index contributed by atoms with van der Waals surface area (Å²) in [5.41, 5.74) is 5.27. The van der Waals surface area contributed by atoms with E-state index in [2.05, 4.69) is 15.0 Å². The number of anilines is 1. The zero-order valence-corrected chi connectivity index (χ0v) is 11.1. The van der Waals surface area contributed by atoms with Crippen LogP contribution >= 0.6 is 0 Å². The third-order valence-electron chi connectivity index (χ3n) is 3.39. The second kappa shape index (κ2) is 5.07. The molecule has 0 bridgehead atoms. The summed E-state index contributed by atoms with van der Waals surface area (Å²) in [6.07, 6.45) is -2.63. The molecule has 3 heterocycles. The summed E-state index contributed by atoms with van der Waals surface area (Å²) < 4.78 is 11.9. The fraction of sp³-hybridized carbons (Fsp3) is 0.545. The van der Waals surface area contributed by atoms with Crippen LogP contribution < -0.4 is 11.3 Å². The second-order valence-electron chi connectivity index (χ2n) is 4.78. The lowest BCUT2D eigenvalue weighted by atomic mass is 10.1. The molecule has 0 aliphatic carbocycles.